The fraction of sp³-hybridized carbons (Fsp3) is 0.857. The van der Waals surface area contributed by atoms with Crippen molar-refractivity contribution >= 4 is 11.9 Å². The Morgan fingerprint density at radius 2 is 1.79 bits per heavy atom. The molecule has 0 unspecified atom stereocenters. The van der Waals surface area contributed by atoms with Crippen molar-refractivity contribution in [3.05, 3.63) is 0 Å². The molecule has 0 spiro atoms. The monoisotopic (exact) mass is 268 g/mol. The third kappa shape index (κ3) is 3.69. The second-order valence-electron chi connectivity index (χ2n) is 5.97. The van der Waals surface area contributed by atoms with Crippen LogP contribution in [-0.4, -0.2) is 48.6 Å². The molecule has 0 aromatic rings. The summed E-state index contributed by atoms with van der Waals surface area (Å²) >= 11 is 0. The van der Waals surface area contributed by atoms with Crippen molar-refractivity contribution < 1.29 is 14.7 Å². The second kappa shape index (κ2) is 6.37. The van der Waals surface area contributed by atoms with Crippen molar-refractivity contribution in [1.29, 1.82) is 0 Å². The van der Waals surface area contributed by atoms with Crippen LogP contribution in [0.25, 0.3) is 0 Å². The number of hydrogen-bond acceptors (Lipinski definition) is 3. The maximum Gasteiger partial charge on any atom is 0.307 e. The third-order valence-electron chi connectivity index (χ3n) is 4.57. The Morgan fingerprint density at radius 1 is 1.16 bits per heavy atom. The quantitative estimate of drug-likeness (QED) is 0.796. The van der Waals surface area contributed by atoms with E-state index >= 15 is 0 Å². The smallest absolute Gasteiger partial charge is 0.307 e. The van der Waals surface area contributed by atoms with Crippen molar-refractivity contribution in [3.63, 3.8) is 0 Å². The van der Waals surface area contributed by atoms with E-state index in [4.69, 9.17) is 5.11 Å². The van der Waals surface area contributed by atoms with Crippen LogP contribution in [-0.2, 0) is 9.59 Å². The molecule has 1 saturated carbocycles. The first-order chi connectivity index (χ1) is 9.08. The molecule has 0 aromatic carbocycles. The van der Waals surface area contributed by atoms with Gasteiger partial charge < -0.3 is 15.3 Å². The van der Waals surface area contributed by atoms with E-state index in [9.17, 15) is 9.59 Å². The Labute approximate surface area is 114 Å². The molecular formula is C14H24N2O3. The standard InChI is InChI=1S/C14H24N2O3/c1-16-7-5-10(6-8-16)9-15-13(17)11-3-2-4-12(11)14(18)19/h10-12H,2-9H2,1H3,(H,15,17)(H,18,19)/t11-,12+/m1/s1. The highest BCUT2D eigenvalue weighted by molar-refractivity contribution is 5.85. The molecule has 2 atom stereocenters. The molecule has 19 heavy (non-hydrogen) atoms. The summed E-state index contributed by atoms with van der Waals surface area (Å²) in [5.41, 5.74) is 0. The molecule has 0 aromatic heterocycles. The molecule has 5 nitrogen and oxygen atoms in total. The summed E-state index contributed by atoms with van der Waals surface area (Å²) in [7, 11) is 2.12. The largest absolute Gasteiger partial charge is 0.481 e. The molecule has 1 amide bonds. The van der Waals surface area contributed by atoms with Gasteiger partial charge in [0.2, 0.25) is 5.91 Å². The summed E-state index contributed by atoms with van der Waals surface area (Å²) < 4.78 is 0. The van der Waals surface area contributed by atoms with Crippen LogP contribution < -0.4 is 5.32 Å². The average Bonchev–Trinajstić information content (AvgIpc) is 2.87. The van der Waals surface area contributed by atoms with Gasteiger partial charge in [-0.15, -0.1) is 0 Å². The summed E-state index contributed by atoms with van der Waals surface area (Å²) in [4.78, 5) is 25.5. The number of likely N-dealkylation sites (tertiary alicyclic amines) is 1. The van der Waals surface area contributed by atoms with Crippen LogP contribution in [0.1, 0.15) is 32.1 Å². The van der Waals surface area contributed by atoms with Gasteiger partial charge in [-0.3, -0.25) is 9.59 Å². The predicted octanol–water partition coefficient (Wildman–Crippen LogP) is 0.945. The number of carbonyl (C=O) groups excluding carboxylic acids is 1. The number of aliphatic carboxylic acids is 1. The minimum Gasteiger partial charge on any atom is -0.481 e. The number of amides is 1. The van der Waals surface area contributed by atoms with Crippen molar-refractivity contribution in [2.75, 3.05) is 26.7 Å². The topological polar surface area (TPSA) is 69.6 Å². The first-order valence-electron chi connectivity index (χ1n) is 7.27. The lowest BCUT2D eigenvalue weighted by atomic mass is 9.94. The van der Waals surface area contributed by atoms with Crippen molar-refractivity contribution in [2.24, 2.45) is 17.8 Å². The average molecular weight is 268 g/mol. The van der Waals surface area contributed by atoms with Crippen LogP contribution in [0.2, 0.25) is 0 Å². The van der Waals surface area contributed by atoms with Gasteiger partial charge >= 0.3 is 5.97 Å². The highest BCUT2D eigenvalue weighted by Crippen LogP contribution is 2.32. The van der Waals surface area contributed by atoms with E-state index in [1.165, 1.54) is 0 Å². The van der Waals surface area contributed by atoms with E-state index in [0.29, 0.717) is 18.9 Å². The Kier molecular flexibility index (Phi) is 4.80. The lowest BCUT2D eigenvalue weighted by Crippen LogP contribution is -2.40. The maximum absolute atomic E-state index is 12.1. The highest BCUT2D eigenvalue weighted by Gasteiger charge is 2.37. The number of rotatable bonds is 4. The van der Waals surface area contributed by atoms with Gasteiger partial charge in [-0.25, -0.2) is 0 Å². The molecule has 1 saturated heterocycles. The van der Waals surface area contributed by atoms with Crippen molar-refractivity contribution in [2.45, 2.75) is 32.1 Å². The number of hydrogen-bond donors (Lipinski definition) is 2. The van der Waals surface area contributed by atoms with Crippen LogP contribution in [0.3, 0.4) is 0 Å². The summed E-state index contributed by atoms with van der Waals surface area (Å²) in [6.45, 7) is 2.87. The van der Waals surface area contributed by atoms with Crippen LogP contribution in [0, 0.1) is 17.8 Å². The van der Waals surface area contributed by atoms with E-state index < -0.39 is 11.9 Å². The Morgan fingerprint density at radius 3 is 2.42 bits per heavy atom. The van der Waals surface area contributed by atoms with Gasteiger partial charge in [0.15, 0.2) is 0 Å². The zero-order valence-electron chi connectivity index (χ0n) is 11.6. The number of nitrogens with zero attached hydrogens (tertiary/aromatic N) is 1. The highest BCUT2D eigenvalue weighted by atomic mass is 16.4. The zero-order chi connectivity index (χ0) is 13.8. The molecule has 5 heteroatoms. The fourth-order valence-corrected chi connectivity index (χ4v) is 3.21. The van der Waals surface area contributed by atoms with Gasteiger partial charge in [0.1, 0.15) is 0 Å². The van der Waals surface area contributed by atoms with Crippen LogP contribution in [0.5, 0.6) is 0 Å². The molecule has 1 aliphatic heterocycles. The van der Waals surface area contributed by atoms with Crippen molar-refractivity contribution in [1.82, 2.24) is 10.2 Å². The predicted molar refractivity (Wildman–Crippen MR) is 71.7 cm³/mol. The summed E-state index contributed by atoms with van der Waals surface area (Å²) in [5, 5.41) is 12.1. The minimum atomic E-state index is -0.822. The minimum absolute atomic E-state index is 0.0520. The van der Waals surface area contributed by atoms with Gasteiger partial charge in [-0.05, 0) is 51.7 Å². The lowest BCUT2D eigenvalue weighted by molar-refractivity contribution is -0.146. The first-order valence-corrected chi connectivity index (χ1v) is 7.27. The first kappa shape index (κ1) is 14.3. The van der Waals surface area contributed by atoms with Crippen LogP contribution in [0.4, 0.5) is 0 Å². The SMILES string of the molecule is CN1CCC(CNC(=O)[C@@H]2CCC[C@@H]2C(=O)O)CC1. The van der Waals surface area contributed by atoms with E-state index in [0.717, 1.165) is 38.8 Å². The molecular weight excluding hydrogens is 244 g/mol. The summed E-state index contributed by atoms with van der Waals surface area (Å²) in [5.74, 6) is -1.12. The molecule has 108 valence electrons. The van der Waals surface area contributed by atoms with Gasteiger partial charge in [0.05, 0.1) is 11.8 Å². The van der Waals surface area contributed by atoms with Crippen LogP contribution >= 0.6 is 0 Å². The van der Waals surface area contributed by atoms with E-state index in [1.54, 1.807) is 0 Å². The number of carboxylic acid groups (broad SMARTS) is 1. The Balaban J connectivity index is 1.76. The number of nitrogens with one attached hydrogen (secondary N) is 1. The van der Waals surface area contributed by atoms with Gasteiger partial charge in [0.25, 0.3) is 0 Å². The molecule has 1 heterocycles. The zero-order valence-corrected chi connectivity index (χ0v) is 11.6. The molecule has 0 bridgehead atoms. The van der Waals surface area contributed by atoms with E-state index in [-0.39, 0.29) is 11.8 Å². The molecule has 1 aliphatic carbocycles. The Hall–Kier alpha value is -1.10. The fourth-order valence-electron chi connectivity index (χ4n) is 3.21. The number of piperidine rings is 1. The molecule has 2 rings (SSSR count). The molecule has 2 fully saturated rings. The van der Waals surface area contributed by atoms with E-state index in [1.807, 2.05) is 0 Å². The van der Waals surface area contributed by atoms with Gasteiger partial charge in [-0.2, -0.15) is 0 Å². The normalized spacial score (nSPS) is 29.3. The van der Waals surface area contributed by atoms with Gasteiger partial charge in [0, 0.05) is 6.54 Å². The Bertz CT molecular complexity index is 338. The molecule has 0 radical (unpaired) electrons. The van der Waals surface area contributed by atoms with Gasteiger partial charge in [-0.1, -0.05) is 6.42 Å². The van der Waals surface area contributed by atoms with Crippen molar-refractivity contribution in [3.8, 4) is 0 Å². The summed E-state index contributed by atoms with van der Waals surface area (Å²) in [6.07, 6.45) is 4.44. The van der Waals surface area contributed by atoms with Crippen LogP contribution in [0.15, 0.2) is 0 Å². The third-order valence-corrected chi connectivity index (χ3v) is 4.57. The summed E-state index contributed by atoms with van der Waals surface area (Å²) in [6, 6.07) is 0. The second-order valence-corrected chi connectivity index (χ2v) is 5.97. The molecule has 2 aliphatic rings. The number of carbonyl (C=O) groups is 2. The molecule has 2 N–H and O–H groups in total. The maximum atomic E-state index is 12.1. The number of carboxylic acids is 1. The lowest BCUT2D eigenvalue weighted by Gasteiger charge is -2.29. The van der Waals surface area contributed by atoms with E-state index in [2.05, 4.69) is 17.3 Å².